The quantitative estimate of drug-likeness (QED) is 0.906. The van der Waals surface area contributed by atoms with Gasteiger partial charge in [0.05, 0.1) is 9.50 Å². The minimum Gasteiger partial charge on any atom is -0.369 e. The fourth-order valence-corrected chi connectivity index (χ4v) is 2.06. The van der Waals surface area contributed by atoms with E-state index >= 15 is 0 Å². The molecule has 0 fully saturated rings. The molecule has 18 heavy (non-hydrogen) atoms. The summed E-state index contributed by atoms with van der Waals surface area (Å²) in [6, 6.07) is 7.56. The molecule has 1 aromatic heterocycles. The number of hydrogen-bond donors (Lipinski definition) is 1. The molecule has 0 aliphatic carbocycles. The summed E-state index contributed by atoms with van der Waals surface area (Å²) < 4.78 is 0.853. The molecule has 1 N–H and O–H groups in total. The van der Waals surface area contributed by atoms with Gasteiger partial charge in [-0.3, -0.25) is 0 Å². The van der Waals surface area contributed by atoms with Crippen molar-refractivity contribution in [2.24, 2.45) is 0 Å². The van der Waals surface area contributed by atoms with Crippen molar-refractivity contribution in [2.75, 3.05) is 11.9 Å². The third-order valence-electron chi connectivity index (χ3n) is 2.40. The molecule has 0 spiro atoms. The van der Waals surface area contributed by atoms with E-state index in [1.807, 2.05) is 24.3 Å². The fourth-order valence-electron chi connectivity index (χ4n) is 1.51. The van der Waals surface area contributed by atoms with Crippen LogP contribution >= 0.6 is 27.5 Å². The summed E-state index contributed by atoms with van der Waals surface area (Å²) in [5.41, 5.74) is 0.839. The fraction of sp³-hybridized carbons (Fsp3) is 0.231. The van der Waals surface area contributed by atoms with Crippen molar-refractivity contribution in [2.45, 2.75) is 13.3 Å². The zero-order chi connectivity index (χ0) is 13.0. The molecule has 0 aliphatic heterocycles. The molecule has 1 heterocycles. The largest absolute Gasteiger partial charge is 0.369 e. The number of hydrogen-bond acceptors (Lipinski definition) is 3. The summed E-state index contributed by atoms with van der Waals surface area (Å²) in [6.07, 6.45) is 2.78. The minimum absolute atomic E-state index is 0.627. The average molecular weight is 327 g/mol. The van der Waals surface area contributed by atoms with Gasteiger partial charge >= 0.3 is 0 Å². The molecule has 5 heteroatoms. The molecule has 1 aromatic carbocycles. The number of anilines is 1. The molecule has 0 saturated heterocycles. The highest BCUT2D eigenvalue weighted by Crippen LogP contribution is 2.27. The van der Waals surface area contributed by atoms with E-state index in [0.29, 0.717) is 10.8 Å². The van der Waals surface area contributed by atoms with Gasteiger partial charge in [0.2, 0.25) is 0 Å². The van der Waals surface area contributed by atoms with Crippen molar-refractivity contribution in [3.63, 3.8) is 0 Å². The molecule has 0 bridgehead atoms. The molecule has 0 amide bonds. The maximum atomic E-state index is 6.14. The lowest BCUT2D eigenvalue weighted by molar-refractivity contribution is 0.963. The average Bonchev–Trinajstić information content (AvgIpc) is 2.39. The normalized spacial score (nSPS) is 10.4. The number of rotatable bonds is 4. The van der Waals surface area contributed by atoms with Crippen LogP contribution in [0.5, 0.6) is 0 Å². The zero-order valence-corrected chi connectivity index (χ0v) is 12.3. The lowest BCUT2D eigenvalue weighted by atomic mass is 10.2. The van der Waals surface area contributed by atoms with E-state index in [0.717, 1.165) is 28.8 Å². The van der Waals surface area contributed by atoms with E-state index in [4.69, 9.17) is 11.6 Å². The molecule has 0 atom stereocenters. The van der Waals surface area contributed by atoms with Crippen LogP contribution in [0, 0.1) is 0 Å². The van der Waals surface area contributed by atoms with Crippen molar-refractivity contribution in [1.82, 2.24) is 9.97 Å². The van der Waals surface area contributed by atoms with Gasteiger partial charge in [-0.25, -0.2) is 9.97 Å². The highest BCUT2D eigenvalue weighted by atomic mass is 79.9. The van der Waals surface area contributed by atoms with E-state index < -0.39 is 0 Å². The first-order valence-electron chi connectivity index (χ1n) is 5.73. The van der Waals surface area contributed by atoms with Crippen LogP contribution in [0.25, 0.3) is 11.4 Å². The van der Waals surface area contributed by atoms with E-state index in [-0.39, 0.29) is 0 Å². The molecule has 0 aliphatic rings. The molecule has 0 unspecified atom stereocenters. The Hall–Kier alpha value is -1.13. The standard InChI is InChI=1S/C13H13BrClN3/c1-2-7-16-13-10(14)8-17-12(18-13)9-5-3-4-6-11(9)15/h3-6,8H,2,7H2,1H3,(H,16,17,18). The first-order valence-corrected chi connectivity index (χ1v) is 6.90. The lowest BCUT2D eigenvalue weighted by Gasteiger charge is -2.08. The van der Waals surface area contributed by atoms with E-state index in [2.05, 4.69) is 38.1 Å². The Balaban J connectivity index is 2.38. The Labute approximate surface area is 120 Å². The molecule has 2 rings (SSSR count). The first kappa shape index (κ1) is 13.3. The van der Waals surface area contributed by atoms with Crippen molar-refractivity contribution in [3.8, 4) is 11.4 Å². The molecule has 3 nitrogen and oxygen atoms in total. The van der Waals surface area contributed by atoms with Gasteiger partial charge in [0.1, 0.15) is 5.82 Å². The Morgan fingerprint density at radius 3 is 2.83 bits per heavy atom. The van der Waals surface area contributed by atoms with Gasteiger partial charge in [0.25, 0.3) is 0 Å². The molecule has 0 radical (unpaired) electrons. The predicted octanol–water partition coefficient (Wildman–Crippen LogP) is 4.38. The molecular weight excluding hydrogens is 314 g/mol. The minimum atomic E-state index is 0.627. The van der Waals surface area contributed by atoms with E-state index in [1.165, 1.54) is 0 Å². The third kappa shape index (κ3) is 3.00. The first-order chi connectivity index (χ1) is 8.72. The summed E-state index contributed by atoms with van der Waals surface area (Å²) in [4.78, 5) is 8.78. The van der Waals surface area contributed by atoms with Crippen LogP contribution in [-0.2, 0) is 0 Å². The Morgan fingerprint density at radius 1 is 1.33 bits per heavy atom. The Kier molecular flexibility index (Phi) is 4.55. The van der Waals surface area contributed by atoms with Crippen molar-refractivity contribution in [3.05, 3.63) is 40.0 Å². The monoisotopic (exact) mass is 325 g/mol. The highest BCUT2D eigenvalue weighted by Gasteiger charge is 2.09. The van der Waals surface area contributed by atoms with Gasteiger partial charge < -0.3 is 5.32 Å². The van der Waals surface area contributed by atoms with Gasteiger partial charge in [-0.05, 0) is 34.5 Å². The van der Waals surface area contributed by atoms with Crippen molar-refractivity contribution >= 4 is 33.3 Å². The lowest BCUT2D eigenvalue weighted by Crippen LogP contribution is -2.04. The van der Waals surface area contributed by atoms with Crippen LogP contribution in [0.3, 0.4) is 0 Å². The van der Waals surface area contributed by atoms with Crippen LogP contribution in [0.4, 0.5) is 5.82 Å². The van der Waals surface area contributed by atoms with Crippen molar-refractivity contribution < 1.29 is 0 Å². The maximum Gasteiger partial charge on any atom is 0.163 e. The second-order valence-electron chi connectivity index (χ2n) is 3.80. The van der Waals surface area contributed by atoms with Crippen molar-refractivity contribution in [1.29, 1.82) is 0 Å². The number of benzene rings is 1. The number of aromatic nitrogens is 2. The van der Waals surface area contributed by atoms with Gasteiger partial charge in [-0.1, -0.05) is 30.7 Å². The molecule has 0 saturated carbocycles. The number of nitrogens with zero attached hydrogens (tertiary/aromatic N) is 2. The van der Waals surface area contributed by atoms with E-state index in [1.54, 1.807) is 6.20 Å². The van der Waals surface area contributed by atoms with Crippen LogP contribution in [0.1, 0.15) is 13.3 Å². The maximum absolute atomic E-state index is 6.14. The summed E-state index contributed by atoms with van der Waals surface area (Å²) in [6.45, 7) is 2.98. The highest BCUT2D eigenvalue weighted by molar-refractivity contribution is 9.10. The smallest absolute Gasteiger partial charge is 0.163 e. The second-order valence-corrected chi connectivity index (χ2v) is 5.06. The third-order valence-corrected chi connectivity index (χ3v) is 3.31. The van der Waals surface area contributed by atoms with Gasteiger partial charge in [0.15, 0.2) is 5.82 Å². The summed E-state index contributed by atoms with van der Waals surface area (Å²) in [7, 11) is 0. The molecule has 2 aromatic rings. The van der Waals surface area contributed by atoms with Gasteiger partial charge in [-0.15, -0.1) is 0 Å². The van der Waals surface area contributed by atoms with Crippen LogP contribution in [0.2, 0.25) is 5.02 Å². The molecule has 94 valence electrons. The topological polar surface area (TPSA) is 37.8 Å². The van der Waals surface area contributed by atoms with Crippen LogP contribution < -0.4 is 5.32 Å². The number of nitrogens with one attached hydrogen (secondary N) is 1. The number of halogens is 2. The van der Waals surface area contributed by atoms with E-state index in [9.17, 15) is 0 Å². The SMILES string of the molecule is CCCNc1nc(-c2ccccc2Cl)ncc1Br. The predicted molar refractivity (Wildman–Crippen MR) is 79.0 cm³/mol. The molecular formula is C13H13BrClN3. The second kappa shape index (κ2) is 6.16. The Morgan fingerprint density at radius 2 is 2.11 bits per heavy atom. The van der Waals surface area contributed by atoms with Crippen LogP contribution in [-0.4, -0.2) is 16.5 Å². The van der Waals surface area contributed by atoms with Gasteiger partial charge in [0, 0.05) is 18.3 Å². The zero-order valence-electron chi connectivity index (χ0n) is 9.95. The summed E-state index contributed by atoms with van der Waals surface area (Å²) in [5, 5.41) is 3.91. The Bertz CT molecular complexity index is 546. The summed E-state index contributed by atoms with van der Waals surface area (Å²) in [5.74, 6) is 1.42. The summed E-state index contributed by atoms with van der Waals surface area (Å²) >= 11 is 9.57. The van der Waals surface area contributed by atoms with Gasteiger partial charge in [-0.2, -0.15) is 0 Å². The van der Waals surface area contributed by atoms with Crippen LogP contribution in [0.15, 0.2) is 34.9 Å².